The number of para-hydroxylation sites is 3. The summed E-state index contributed by atoms with van der Waals surface area (Å²) in [5, 5.41) is 18.9. The van der Waals surface area contributed by atoms with Crippen molar-refractivity contribution in [1.29, 1.82) is 0 Å². The van der Waals surface area contributed by atoms with Crippen molar-refractivity contribution >= 4 is 11.4 Å². The number of aromatic nitrogens is 2. The van der Waals surface area contributed by atoms with Crippen molar-refractivity contribution in [3.05, 3.63) is 81.7 Å². The zero-order chi connectivity index (χ0) is 17.1. The molecule has 0 aliphatic carbocycles. The van der Waals surface area contributed by atoms with Gasteiger partial charge in [0, 0.05) is 23.9 Å². The van der Waals surface area contributed by atoms with E-state index in [1.807, 2.05) is 48.9 Å². The summed E-state index contributed by atoms with van der Waals surface area (Å²) in [4.78, 5) is 10.7. The first kappa shape index (κ1) is 15.7. The van der Waals surface area contributed by atoms with Crippen LogP contribution >= 0.6 is 0 Å². The number of hydrogen-bond acceptors (Lipinski definition) is 4. The van der Waals surface area contributed by atoms with E-state index in [1.54, 1.807) is 18.2 Å². The van der Waals surface area contributed by atoms with Crippen molar-refractivity contribution in [2.24, 2.45) is 0 Å². The number of aryl methyl sites for hydroxylation is 1. The van der Waals surface area contributed by atoms with Gasteiger partial charge in [0.25, 0.3) is 5.69 Å². The summed E-state index contributed by atoms with van der Waals surface area (Å²) < 4.78 is 1.89. The third-order valence-electron chi connectivity index (χ3n) is 4.00. The van der Waals surface area contributed by atoms with E-state index in [-0.39, 0.29) is 10.6 Å². The topological polar surface area (TPSA) is 73.0 Å². The second-order valence-corrected chi connectivity index (χ2v) is 5.52. The van der Waals surface area contributed by atoms with E-state index in [2.05, 4.69) is 10.4 Å². The first-order valence-electron chi connectivity index (χ1n) is 7.65. The highest BCUT2D eigenvalue weighted by atomic mass is 16.6. The van der Waals surface area contributed by atoms with Gasteiger partial charge < -0.3 is 5.32 Å². The van der Waals surface area contributed by atoms with Crippen LogP contribution in [0.1, 0.15) is 17.0 Å². The molecule has 6 heteroatoms. The lowest BCUT2D eigenvalue weighted by Gasteiger charge is -2.08. The quantitative estimate of drug-likeness (QED) is 0.569. The summed E-state index contributed by atoms with van der Waals surface area (Å²) in [7, 11) is 0. The van der Waals surface area contributed by atoms with Crippen molar-refractivity contribution in [1.82, 2.24) is 9.78 Å². The SMILES string of the molecule is Cc1nn(-c2ccccc2)c(C)c1CNc1ccccc1[N+](=O)[O-]. The van der Waals surface area contributed by atoms with Gasteiger partial charge in [0.1, 0.15) is 5.69 Å². The van der Waals surface area contributed by atoms with Gasteiger partial charge in [0.15, 0.2) is 0 Å². The van der Waals surface area contributed by atoms with Crippen molar-refractivity contribution in [2.45, 2.75) is 20.4 Å². The molecule has 0 radical (unpaired) electrons. The highest BCUT2D eigenvalue weighted by molar-refractivity contribution is 5.61. The summed E-state index contributed by atoms with van der Waals surface area (Å²) in [6.45, 7) is 4.43. The van der Waals surface area contributed by atoms with Gasteiger partial charge in [0.2, 0.25) is 0 Å². The van der Waals surface area contributed by atoms with Crippen LogP contribution in [-0.2, 0) is 6.54 Å². The average Bonchev–Trinajstić information content (AvgIpc) is 2.88. The molecular formula is C18H18N4O2. The predicted octanol–water partition coefficient (Wildman–Crippen LogP) is 4.01. The number of benzene rings is 2. The van der Waals surface area contributed by atoms with Crippen LogP contribution in [0.15, 0.2) is 54.6 Å². The van der Waals surface area contributed by atoms with Crippen LogP contribution in [0.5, 0.6) is 0 Å². The molecule has 0 saturated carbocycles. The Morgan fingerprint density at radius 2 is 1.75 bits per heavy atom. The van der Waals surface area contributed by atoms with E-state index in [4.69, 9.17) is 0 Å². The van der Waals surface area contributed by atoms with Crippen LogP contribution in [0.3, 0.4) is 0 Å². The van der Waals surface area contributed by atoms with Crippen molar-refractivity contribution in [2.75, 3.05) is 5.32 Å². The summed E-state index contributed by atoms with van der Waals surface area (Å²) in [6.07, 6.45) is 0. The predicted molar refractivity (Wildman–Crippen MR) is 93.5 cm³/mol. The Kier molecular flexibility index (Phi) is 4.29. The molecule has 0 amide bonds. The number of nitrogens with one attached hydrogen (secondary N) is 1. The normalized spacial score (nSPS) is 10.6. The molecule has 0 saturated heterocycles. The molecular weight excluding hydrogens is 304 g/mol. The zero-order valence-electron chi connectivity index (χ0n) is 13.6. The maximum Gasteiger partial charge on any atom is 0.292 e. The van der Waals surface area contributed by atoms with E-state index in [1.165, 1.54) is 6.07 Å². The maximum absolute atomic E-state index is 11.1. The molecule has 3 aromatic rings. The van der Waals surface area contributed by atoms with E-state index >= 15 is 0 Å². The highest BCUT2D eigenvalue weighted by Gasteiger charge is 2.15. The average molecular weight is 322 g/mol. The van der Waals surface area contributed by atoms with Gasteiger partial charge in [0.05, 0.1) is 16.3 Å². The molecule has 6 nitrogen and oxygen atoms in total. The van der Waals surface area contributed by atoms with Gasteiger partial charge >= 0.3 is 0 Å². The molecule has 24 heavy (non-hydrogen) atoms. The molecule has 1 heterocycles. The van der Waals surface area contributed by atoms with Gasteiger partial charge in [-0.05, 0) is 32.0 Å². The fourth-order valence-electron chi connectivity index (χ4n) is 2.72. The van der Waals surface area contributed by atoms with Crippen molar-refractivity contribution < 1.29 is 4.92 Å². The number of rotatable bonds is 5. The standard InChI is InChI=1S/C18H18N4O2/c1-13-16(12-19-17-10-6-7-11-18(17)22(23)24)14(2)21(20-13)15-8-4-3-5-9-15/h3-11,19H,12H2,1-2H3. The highest BCUT2D eigenvalue weighted by Crippen LogP contribution is 2.25. The van der Waals surface area contributed by atoms with E-state index in [9.17, 15) is 10.1 Å². The number of nitrogens with zero attached hydrogens (tertiary/aromatic N) is 3. The Morgan fingerprint density at radius 3 is 2.46 bits per heavy atom. The number of nitro groups is 1. The minimum Gasteiger partial charge on any atom is -0.375 e. The lowest BCUT2D eigenvalue weighted by Crippen LogP contribution is -2.05. The molecule has 0 fully saturated rings. The van der Waals surface area contributed by atoms with Crippen LogP contribution in [-0.4, -0.2) is 14.7 Å². The fraction of sp³-hybridized carbons (Fsp3) is 0.167. The number of nitro benzene ring substituents is 1. The fourth-order valence-corrected chi connectivity index (χ4v) is 2.72. The Morgan fingerprint density at radius 1 is 1.08 bits per heavy atom. The molecule has 2 aromatic carbocycles. The maximum atomic E-state index is 11.1. The van der Waals surface area contributed by atoms with Gasteiger partial charge in [-0.15, -0.1) is 0 Å². The molecule has 0 aliphatic heterocycles. The van der Waals surface area contributed by atoms with Crippen LogP contribution in [0.4, 0.5) is 11.4 Å². The summed E-state index contributed by atoms with van der Waals surface area (Å²) in [5.74, 6) is 0. The molecule has 0 unspecified atom stereocenters. The summed E-state index contributed by atoms with van der Waals surface area (Å²) in [5.41, 5.74) is 4.54. The van der Waals surface area contributed by atoms with Crippen LogP contribution in [0, 0.1) is 24.0 Å². The Bertz CT molecular complexity index is 872. The Balaban J connectivity index is 1.87. The third kappa shape index (κ3) is 2.99. The molecule has 3 rings (SSSR count). The van der Waals surface area contributed by atoms with Crippen LogP contribution in [0.2, 0.25) is 0 Å². The Hall–Kier alpha value is -3.15. The van der Waals surface area contributed by atoms with Crippen molar-refractivity contribution in [3.8, 4) is 5.69 Å². The molecule has 1 N–H and O–H groups in total. The van der Waals surface area contributed by atoms with Crippen LogP contribution < -0.4 is 5.32 Å². The first-order valence-corrected chi connectivity index (χ1v) is 7.65. The summed E-state index contributed by atoms with van der Waals surface area (Å²) >= 11 is 0. The lowest BCUT2D eigenvalue weighted by atomic mass is 10.2. The molecule has 0 bridgehead atoms. The van der Waals surface area contributed by atoms with E-state index < -0.39 is 0 Å². The van der Waals surface area contributed by atoms with E-state index in [0.717, 1.165) is 22.6 Å². The van der Waals surface area contributed by atoms with Gasteiger partial charge in [-0.25, -0.2) is 4.68 Å². The largest absolute Gasteiger partial charge is 0.375 e. The molecule has 122 valence electrons. The summed E-state index contributed by atoms with van der Waals surface area (Å²) in [6, 6.07) is 16.5. The number of hydrogen-bond donors (Lipinski definition) is 1. The minimum absolute atomic E-state index is 0.0725. The monoisotopic (exact) mass is 322 g/mol. The van der Waals surface area contributed by atoms with E-state index in [0.29, 0.717) is 12.2 Å². The van der Waals surface area contributed by atoms with Gasteiger partial charge in [-0.2, -0.15) is 5.10 Å². The van der Waals surface area contributed by atoms with Gasteiger partial charge in [-0.3, -0.25) is 10.1 Å². The lowest BCUT2D eigenvalue weighted by molar-refractivity contribution is -0.384. The van der Waals surface area contributed by atoms with Crippen LogP contribution in [0.25, 0.3) is 5.69 Å². The molecule has 0 atom stereocenters. The smallest absolute Gasteiger partial charge is 0.292 e. The minimum atomic E-state index is -0.380. The van der Waals surface area contributed by atoms with Crippen molar-refractivity contribution in [3.63, 3.8) is 0 Å². The zero-order valence-corrected chi connectivity index (χ0v) is 13.6. The van der Waals surface area contributed by atoms with Gasteiger partial charge in [-0.1, -0.05) is 30.3 Å². The first-order chi connectivity index (χ1) is 11.6. The Labute approximate surface area is 139 Å². The molecule has 1 aromatic heterocycles. The molecule has 0 spiro atoms. The second-order valence-electron chi connectivity index (χ2n) is 5.52. The third-order valence-corrected chi connectivity index (χ3v) is 4.00. The second kappa shape index (κ2) is 6.54. The number of anilines is 1. The molecule has 0 aliphatic rings.